The van der Waals surface area contributed by atoms with E-state index in [2.05, 4.69) is 10.6 Å². The quantitative estimate of drug-likeness (QED) is 0.503. The Kier molecular flexibility index (Phi) is 5.42. The lowest BCUT2D eigenvalue weighted by Crippen LogP contribution is -2.27. The molecule has 3 aromatic rings. The number of Topliss-reactive ketones (excluding diaryl/α,β-unsaturated/α-hetero) is 1. The molecule has 1 aliphatic carbocycles. The number of nitrogens with one attached hydrogen (secondary N) is 2. The molecule has 0 saturated heterocycles. The maximum atomic E-state index is 13.6. The van der Waals surface area contributed by atoms with Gasteiger partial charge in [0.25, 0.3) is 0 Å². The molecule has 0 radical (unpaired) electrons. The Morgan fingerprint density at radius 3 is 2.36 bits per heavy atom. The highest BCUT2D eigenvalue weighted by atomic mass is 16.5. The van der Waals surface area contributed by atoms with Crippen molar-refractivity contribution in [2.75, 3.05) is 24.9 Å². The van der Waals surface area contributed by atoms with Crippen LogP contribution in [-0.2, 0) is 4.79 Å². The number of phenolic OH excluding ortho intramolecular Hbond substituents is 1. The first-order valence-corrected chi connectivity index (χ1v) is 11.0. The number of hydrogen-bond acceptors (Lipinski definition) is 6. The fraction of sp³-hybridized carbons (Fsp3) is 0.222. The second-order valence-electron chi connectivity index (χ2n) is 8.34. The van der Waals surface area contributed by atoms with E-state index in [1.807, 2.05) is 54.6 Å². The number of rotatable bonds is 4. The maximum absolute atomic E-state index is 13.6. The van der Waals surface area contributed by atoms with Gasteiger partial charge in [0, 0.05) is 23.3 Å². The first-order chi connectivity index (χ1) is 16.1. The van der Waals surface area contributed by atoms with E-state index in [0.29, 0.717) is 35.5 Å². The summed E-state index contributed by atoms with van der Waals surface area (Å²) >= 11 is 0. The molecule has 33 heavy (non-hydrogen) atoms. The fourth-order valence-corrected chi connectivity index (χ4v) is 4.80. The number of allylic oxidation sites excluding steroid dienone is 1. The van der Waals surface area contributed by atoms with Gasteiger partial charge in [0.05, 0.1) is 31.6 Å². The smallest absolute Gasteiger partial charge is 0.163 e. The monoisotopic (exact) mass is 442 g/mol. The molecule has 0 amide bonds. The number of carbonyl (C=O) groups is 1. The van der Waals surface area contributed by atoms with E-state index >= 15 is 0 Å². The number of carbonyl (C=O) groups excluding carboxylic acids is 1. The predicted molar refractivity (Wildman–Crippen MR) is 128 cm³/mol. The molecule has 0 saturated carbocycles. The molecule has 6 heteroatoms. The van der Waals surface area contributed by atoms with Gasteiger partial charge in [0.15, 0.2) is 17.3 Å². The van der Waals surface area contributed by atoms with Crippen LogP contribution in [0.1, 0.15) is 35.9 Å². The van der Waals surface area contributed by atoms with E-state index in [1.165, 1.54) is 0 Å². The topological polar surface area (TPSA) is 79.8 Å². The molecule has 168 valence electrons. The fourth-order valence-electron chi connectivity index (χ4n) is 4.80. The Morgan fingerprint density at radius 2 is 1.61 bits per heavy atom. The van der Waals surface area contributed by atoms with Crippen LogP contribution in [0.2, 0.25) is 0 Å². The standard InChI is InChI=1S/C27H26N2O4/c1-32-24-12-11-16(15-25(24)33-2)17-13-21-26(23(31)14-17)27(18-7-3-6-10-22(18)30)29-20-9-5-4-8-19(20)28-21/h3-12,15,17,27-30H,13-14H2,1-2H3. The molecule has 1 heterocycles. The number of para-hydroxylation sites is 3. The van der Waals surface area contributed by atoms with Crippen LogP contribution in [0.15, 0.2) is 78.0 Å². The number of fused-ring (bicyclic) bond motifs is 1. The van der Waals surface area contributed by atoms with Crippen LogP contribution in [0.3, 0.4) is 0 Å². The summed E-state index contributed by atoms with van der Waals surface area (Å²) in [7, 11) is 3.22. The summed E-state index contributed by atoms with van der Waals surface area (Å²) in [4.78, 5) is 13.6. The lowest BCUT2D eigenvalue weighted by Gasteiger charge is -2.30. The van der Waals surface area contributed by atoms with Gasteiger partial charge in [-0.2, -0.15) is 0 Å². The predicted octanol–water partition coefficient (Wildman–Crippen LogP) is 5.39. The number of ether oxygens (including phenoxy) is 2. The van der Waals surface area contributed by atoms with Crippen LogP contribution in [-0.4, -0.2) is 25.1 Å². The molecule has 1 aliphatic heterocycles. The Balaban J connectivity index is 1.59. The first kappa shape index (κ1) is 20.9. The van der Waals surface area contributed by atoms with Gasteiger partial charge >= 0.3 is 0 Å². The van der Waals surface area contributed by atoms with Crippen molar-refractivity contribution in [1.29, 1.82) is 0 Å². The molecule has 5 rings (SSSR count). The van der Waals surface area contributed by atoms with Crippen molar-refractivity contribution in [3.05, 3.63) is 89.1 Å². The summed E-state index contributed by atoms with van der Waals surface area (Å²) in [5.41, 5.74) is 5.04. The average Bonchev–Trinajstić information content (AvgIpc) is 3.00. The van der Waals surface area contributed by atoms with Crippen molar-refractivity contribution in [3.8, 4) is 17.2 Å². The van der Waals surface area contributed by atoms with Crippen molar-refractivity contribution >= 4 is 17.2 Å². The minimum Gasteiger partial charge on any atom is -0.508 e. The number of ketones is 1. The molecule has 2 aliphatic rings. The zero-order chi connectivity index (χ0) is 22.9. The Labute approximate surface area is 192 Å². The molecule has 0 aromatic heterocycles. The van der Waals surface area contributed by atoms with Crippen LogP contribution in [0.25, 0.3) is 0 Å². The van der Waals surface area contributed by atoms with E-state index in [0.717, 1.165) is 22.6 Å². The van der Waals surface area contributed by atoms with Gasteiger partial charge in [-0.15, -0.1) is 0 Å². The van der Waals surface area contributed by atoms with Crippen LogP contribution in [0, 0.1) is 0 Å². The molecule has 0 spiro atoms. The molecule has 2 unspecified atom stereocenters. The highest BCUT2D eigenvalue weighted by Gasteiger charge is 2.37. The van der Waals surface area contributed by atoms with Gasteiger partial charge < -0.3 is 25.2 Å². The SMILES string of the molecule is COc1ccc(C2CC(=O)C3=C(C2)Nc2ccccc2NC3c2ccccc2O)cc1OC. The lowest BCUT2D eigenvalue weighted by molar-refractivity contribution is -0.116. The summed E-state index contributed by atoms with van der Waals surface area (Å²) in [6.45, 7) is 0. The summed E-state index contributed by atoms with van der Waals surface area (Å²) in [6.07, 6.45) is 1.04. The Morgan fingerprint density at radius 1 is 0.879 bits per heavy atom. The summed E-state index contributed by atoms with van der Waals surface area (Å²) < 4.78 is 10.9. The average molecular weight is 443 g/mol. The molecule has 2 atom stereocenters. The van der Waals surface area contributed by atoms with Crippen LogP contribution < -0.4 is 20.1 Å². The molecule has 3 aromatic carbocycles. The highest BCUT2D eigenvalue weighted by Crippen LogP contribution is 2.46. The number of aromatic hydroxyl groups is 1. The van der Waals surface area contributed by atoms with Gasteiger partial charge in [-0.1, -0.05) is 36.4 Å². The van der Waals surface area contributed by atoms with E-state index in [1.54, 1.807) is 26.4 Å². The molecule has 3 N–H and O–H groups in total. The minimum absolute atomic E-state index is 0.00108. The zero-order valence-corrected chi connectivity index (χ0v) is 18.6. The van der Waals surface area contributed by atoms with Crippen LogP contribution in [0.5, 0.6) is 17.2 Å². The van der Waals surface area contributed by atoms with Gasteiger partial charge in [-0.05, 0) is 48.2 Å². The largest absolute Gasteiger partial charge is 0.508 e. The second-order valence-corrected chi connectivity index (χ2v) is 8.34. The van der Waals surface area contributed by atoms with E-state index in [-0.39, 0.29) is 17.5 Å². The third-order valence-corrected chi connectivity index (χ3v) is 6.44. The van der Waals surface area contributed by atoms with E-state index < -0.39 is 6.04 Å². The second kappa shape index (κ2) is 8.54. The maximum Gasteiger partial charge on any atom is 0.163 e. The number of phenols is 1. The van der Waals surface area contributed by atoms with Gasteiger partial charge in [-0.25, -0.2) is 0 Å². The van der Waals surface area contributed by atoms with Crippen molar-refractivity contribution < 1.29 is 19.4 Å². The minimum atomic E-state index is -0.448. The first-order valence-electron chi connectivity index (χ1n) is 11.0. The molecule has 0 bridgehead atoms. The lowest BCUT2D eigenvalue weighted by atomic mass is 9.78. The highest BCUT2D eigenvalue weighted by molar-refractivity contribution is 6.01. The van der Waals surface area contributed by atoms with Gasteiger partial charge in [0.1, 0.15) is 5.75 Å². The van der Waals surface area contributed by atoms with Crippen LogP contribution in [0.4, 0.5) is 11.4 Å². The number of methoxy groups -OCH3 is 2. The van der Waals surface area contributed by atoms with Crippen molar-refractivity contribution in [3.63, 3.8) is 0 Å². The molecular formula is C27H26N2O4. The normalized spacial score (nSPS) is 19.5. The van der Waals surface area contributed by atoms with E-state index in [4.69, 9.17) is 9.47 Å². The summed E-state index contributed by atoms with van der Waals surface area (Å²) in [5.74, 6) is 1.52. The van der Waals surface area contributed by atoms with E-state index in [9.17, 15) is 9.90 Å². The van der Waals surface area contributed by atoms with Crippen molar-refractivity contribution in [2.45, 2.75) is 24.8 Å². The Hall–Kier alpha value is -3.93. The molecule has 0 fully saturated rings. The molecule has 6 nitrogen and oxygen atoms in total. The summed E-state index contributed by atoms with van der Waals surface area (Å²) in [6, 6.07) is 20.4. The number of anilines is 2. The number of hydrogen-bond donors (Lipinski definition) is 3. The number of benzene rings is 3. The summed E-state index contributed by atoms with van der Waals surface area (Å²) in [5, 5.41) is 17.6. The van der Waals surface area contributed by atoms with Gasteiger partial charge in [-0.3, -0.25) is 4.79 Å². The van der Waals surface area contributed by atoms with Crippen molar-refractivity contribution in [2.24, 2.45) is 0 Å². The zero-order valence-electron chi connectivity index (χ0n) is 18.6. The van der Waals surface area contributed by atoms with Crippen molar-refractivity contribution in [1.82, 2.24) is 0 Å². The third-order valence-electron chi connectivity index (χ3n) is 6.44. The molecular weight excluding hydrogens is 416 g/mol. The third kappa shape index (κ3) is 3.78. The van der Waals surface area contributed by atoms with Gasteiger partial charge in [0.2, 0.25) is 0 Å². The van der Waals surface area contributed by atoms with Crippen LogP contribution >= 0.6 is 0 Å². The Bertz CT molecular complexity index is 1250.